The van der Waals surface area contributed by atoms with Crippen molar-refractivity contribution in [3.05, 3.63) is 152 Å². The molecule has 9 aromatic rings. The molecular weight excluding hydrogens is 558 g/mol. The number of pyridine rings is 1. The zero-order valence-electron chi connectivity index (χ0n) is 25.8. The molecule has 0 aliphatic carbocycles. The number of benzene rings is 8. The highest BCUT2D eigenvalue weighted by molar-refractivity contribution is 6.14. The van der Waals surface area contributed by atoms with Gasteiger partial charge in [0.2, 0.25) is 0 Å². The van der Waals surface area contributed by atoms with Gasteiger partial charge in [-0.3, -0.25) is 0 Å². The Balaban J connectivity index is 1.17. The van der Waals surface area contributed by atoms with Crippen LogP contribution < -0.4 is 9.80 Å². The summed E-state index contributed by atoms with van der Waals surface area (Å²) in [6, 6.07) is 54.7. The molecule has 0 unspecified atom stereocenters. The van der Waals surface area contributed by atoms with E-state index >= 15 is 0 Å². The molecule has 0 fully saturated rings. The van der Waals surface area contributed by atoms with Crippen molar-refractivity contribution in [3.63, 3.8) is 0 Å². The molecule has 0 spiro atoms. The van der Waals surface area contributed by atoms with Gasteiger partial charge in [0.05, 0.1) is 22.4 Å². The van der Waals surface area contributed by atoms with E-state index in [-0.39, 0.29) is 0 Å². The SMILES string of the molecule is CN(c1ccc2cc3ccc(N(C)c4c5ccccc5cc5ccccc45)cc3nc2c1)c1c2ccccc2cc2ccccc12. The number of hydrogen-bond donors (Lipinski definition) is 0. The Hall–Kier alpha value is -5.93. The second-order valence-corrected chi connectivity index (χ2v) is 12.2. The van der Waals surface area contributed by atoms with E-state index < -0.39 is 0 Å². The first-order chi connectivity index (χ1) is 22.6. The van der Waals surface area contributed by atoms with Crippen molar-refractivity contribution >= 4 is 87.6 Å². The third kappa shape index (κ3) is 4.17. The van der Waals surface area contributed by atoms with Gasteiger partial charge in [0.15, 0.2) is 0 Å². The van der Waals surface area contributed by atoms with Crippen LogP contribution in [-0.2, 0) is 0 Å². The van der Waals surface area contributed by atoms with Crippen molar-refractivity contribution in [1.29, 1.82) is 0 Å². The average molecular weight is 590 g/mol. The van der Waals surface area contributed by atoms with E-state index in [1.807, 2.05) is 0 Å². The number of hydrogen-bond acceptors (Lipinski definition) is 3. The third-order valence-electron chi connectivity index (χ3n) is 9.51. The molecule has 46 heavy (non-hydrogen) atoms. The van der Waals surface area contributed by atoms with E-state index in [9.17, 15) is 0 Å². The van der Waals surface area contributed by atoms with Crippen LogP contribution in [0.4, 0.5) is 22.7 Å². The van der Waals surface area contributed by atoms with Crippen LogP contribution in [0.5, 0.6) is 0 Å². The fourth-order valence-electron chi connectivity index (χ4n) is 7.18. The predicted octanol–water partition coefficient (Wildman–Crippen LogP) is 11.5. The molecule has 0 radical (unpaired) electrons. The number of rotatable bonds is 4. The van der Waals surface area contributed by atoms with E-state index in [4.69, 9.17) is 4.98 Å². The first-order valence-corrected chi connectivity index (χ1v) is 15.8. The van der Waals surface area contributed by atoms with Crippen molar-refractivity contribution in [1.82, 2.24) is 4.98 Å². The first kappa shape index (κ1) is 26.5. The molecule has 0 atom stereocenters. The van der Waals surface area contributed by atoms with Crippen LogP contribution in [0.15, 0.2) is 152 Å². The molecule has 0 saturated heterocycles. The number of fused-ring (bicyclic) bond motifs is 6. The maximum absolute atomic E-state index is 5.25. The highest BCUT2D eigenvalue weighted by Crippen LogP contribution is 2.41. The summed E-state index contributed by atoms with van der Waals surface area (Å²) in [6.07, 6.45) is 0. The Morgan fingerprint density at radius 2 is 0.674 bits per heavy atom. The van der Waals surface area contributed by atoms with E-state index in [0.29, 0.717) is 0 Å². The van der Waals surface area contributed by atoms with Gasteiger partial charge in [0.1, 0.15) is 0 Å². The molecule has 0 bridgehead atoms. The van der Waals surface area contributed by atoms with Crippen molar-refractivity contribution in [2.24, 2.45) is 0 Å². The zero-order valence-corrected chi connectivity index (χ0v) is 25.8. The lowest BCUT2D eigenvalue weighted by molar-refractivity contribution is 1.23. The molecule has 9 rings (SSSR count). The normalized spacial score (nSPS) is 11.7. The largest absolute Gasteiger partial charge is 0.344 e. The maximum Gasteiger partial charge on any atom is 0.0730 e. The quantitative estimate of drug-likeness (QED) is 0.190. The molecule has 1 heterocycles. The Morgan fingerprint density at radius 3 is 1.04 bits per heavy atom. The summed E-state index contributed by atoms with van der Waals surface area (Å²) in [7, 11) is 4.33. The zero-order chi connectivity index (χ0) is 30.8. The summed E-state index contributed by atoms with van der Waals surface area (Å²) < 4.78 is 0. The van der Waals surface area contributed by atoms with Crippen molar-refractivity contribution < 1.29 is 0 Å². The maximum atomic E-state index is 5.25. The fourth-order valence-corrected chi connectivity index (χ4v) is 7.18. The van der Waals surface area contributed by atoms with Crippen LogP contribution >= 0.6 is 0 Å². The smallest absolute Gasteiger partial charge is 0.0730 e. The van der Waals surface area contributed by atoms with Crippen molar-refractivity contribution in [2.75, 3.05) is 23.9 Å². The molecule has 1 aromatic heterocycles. The molecule has 0 aliphatic rings. The minimum absolute atomic E-state index is 0.983. The summed E-state index contributed by atoms with van der Waals surface area (Å²) >= 11 is 0. The molecule has 0 N–H and O–H groups in total. The highest BCUT2D eigenvalue weighted by atomic mass is 15.1. The van der Waals surface area contributed by atoms with Crippen LogP contribution in [0, 0.1) is 0 Å². The van der Waals surface area contributed by atoms with Gasteiger partial charge < -0.3 is 9.80 Å². The summed E-state index contributed by atoms with van der Waals surface area (Å²) in [5, 5.41) is 12.2. The molecule has 0 aliphatic heterocycles. The standard InChI is InChI=1S/C43H31N3/c1-45(42-36-15-7-3-11-28(36)23-29-12-4-8-16-37(29)42)34-21-19-32-25-33-20-22-35(27-41(33)44-40(32)26-34)46(2)43-38-17-9-5-13-30(38)24-31-14-6-10-18-39(31)43/h3-27H,1-2H3. The second-order valence-electron chi connectivity index (χ2n) is 12.2. The second kappa shape index (κ2) is 10.3. The van der Waals surface area contributed by atoms with Crippen LogP contribution in [0.25, 0.3) is 64.9 Å². The van der Waals surface area contributed by atoms with Crippen LogP contribution in [0.2, 0.25) is 0 Å². The predicted molar refractivity (Wildman–Crippen MR) is 198 cm³/mol. The topological polar surface area (TPSA) is 19.4 Å². The van der Waals surface area contributed by atoms with Crippen molar-refractivity contribution in [2.45, 2.75) is 0 Å². The van der Waals surface area contributed by atoms with Gasteiger partial charge in [-0.2, -0.15) is 0 Å². The molecule has 8 aromatic carbocycles. The minimum Gasteiger partial charge on any atom is -0.344 e. The van der Waals surface area contributed by atoms with Gasteiger partial charge in [0, 0.05) is 57.8 Å². The third-order valence-corrected chi connectivity index (χ3v) is 9.51. The summed E-state index contributed by atoms with van der Waals surface area (Å²) in [5.41, 5.74) is 6.60. The van der Waals surface area contributed by atoms with Gasteiger partial charge in [-0.05, 0) is 64.0 Å². The summed E-state index contributed by atoms with van der Waals surface area (Å²) in [4.78, 5) is 9.87. The Morgan fingerprint density at radius 1 is 0.348 bits per heavy atom. The molecule has 3 nitrogen and oxygen atoms in total. The highest BCUT2D eigenvalue weighted by Gasteiger charge is 2.16. The molecule has 0 amide bonds. The Kier molecular flexibility index (Phi) is 5.94. The van der Waals surface area contributed by atoms with Gasteiger partial charge in [-0.1, -0.05) is 109 Å². The Bertz CT molecular complexity index is 2350. The van der Waals surface area contributed by atoms with Gasteiger partial charge in [-0.25, -0.2) is 4.98 Å². The molecule has 0 saturated carbocycles. The Labute approximate surface area is 267 Å². The van der Waals surface area contributed by atoms with E-state index in [1.54, 1.807) is 0 Å². The van der Waals surface area contributed by atoms with Crippen LogP contribution in [0.1, 0.15) is 0 Å². The lowest BCUT2D eigenvalue weighted by Gasteiger charge is -2.24. The minimum atomic E-state index is 0.983. The fraction of sp³-hybridized carbons (Fsp3) is 0.0465. The molecule has 3 heteroatoms. The lowest BCUT2D eigenvalue weighted by Crippen LogP contribution is -2.11. The monoisotopic (exact) mass is 589 g/mol. The van der Waals surface area contributed by atoms with Gasteiger partial charge in [-0.15, -0.1) is 0 Å². The van der Waals surface area contributed by atoms with E-state index in [0.717, 1.165) is 33.2 Å². The number of nitrogens with zero attached hydrogens (tertiary/aromatic N) is 3. The first-order valence-electron chi connectivity index (χ1n) is 15.8. The van der Waals surface area contributed by atoms with Crippen LogP contribution in [0.3, 0.4) is 0 Å². The van der Waals surface area contributed by atoms with Gasteiger partial charge in [0.25, 0.3) is 0 Å². The summed E-state index contributed by atoms with van der Waals surface area (Å²) in [5.74, 6) is 0. The average Bonchev–Trinajstić information content (AvgIpc) is 3.10. The van der Waals surface area contributed by atoms with Crippen molar-refractivity contribution in [3.8, 4) is 0 Å². The van der Waals surface area contributed by atoms with Gasteiger partial charge >= 0.3 is 0 Å². The molecular formula is C43H31N3. The van der Waals surface area contributed by atoms with E-state index in [2.05, 4.69) is 176 Å². The molecule has 218 valence electrons. The lowest BCUT2D eigenvalue weighted by atomic mass is 9.99. The number of anilines is 4. The summed E-state index contributed by atoms with van der Waals surface area (Å²) in [6.45, 7) is 0. The van der Waals surface area contributed by atoms with Crippen LogP contribution in [-0.4, -0.2) is 19.1 Å². The number of aromatic nitrogens is 1. The van der Waals surface area contributed by atoms with E-state index in [1.165, 1.54) is 54.5 Å².